The van der Waals surface area contributed by atoms with Crippen LogP contribution in [0.4, 0.5) is 0 Å². The minimum absolute atomic E-state index is 0.0684. The quantitative estimate of drug-likeness (QED) is 0.708. The van der Waals surface area contributed by atoms with E-state index in [1.165, 1.54) is 16.0 Å². The molecule has 0 bridgehead atoms. The SMILES string of the molecule is CC1(Cl)C=Cc2scc(Cn3c(=O)[nH]c4ccccc43)c2C1. The van der Waals surface area contributed by atoms with Crippen molar-refractivity contribution in [2.75, 3.05) is 0 Å². The molecule has 0 saturated heterocycles. The lowest BCUT2D eigenvalue weighted by Crippen LogP contribution is -2.22. The van der Waals surface area contributed by atoms with E-state index in [0.717, 1.165) is 17.5 Å². The summed E-state index contributed by atoms with van der Waals surface area (Å²) >= 11 is 8.19. The van der Waals surface area contributed by atoms with Gasteiger partial charge >= 0.3 is 5.69 Å². The minimum atomic E-state index is -0.339. The molecule has 0 amide bonds. The highest BCUT2D eigenvalue weighted by atomic mass is 35.5. The van der Waals surface area contributed by atoms with Gasteiger partial charge in [-0.25, -0.2) is 4.79 Å². The third-order valence-corrected chi connectivity index (χ3v) is 5.43. The zero-order valence-corrected chi connectivity index (χ0v) is 13.7. The average Bonchev–Trinajstić information content (AvgIpc) is 3.00. The van der Waals surface area contributed by atoms with Crippen LogP contribution in [0.3, 0.4) is 0 Å². The van der Waals surface area contributed by atoms with Gasteiger partial charge in [0.05, 0.1) is 22.5 Å². The van der Waals surface area contributed by atoms with Crippen molar-refractivity contribution < 1.29 is 0 Å². The molecule has 4 rings (SSSR count). The molecule has 0 saturated carbocycles. The fourth-order valence-corrected chi connectivity index (χ4v) is 4.17. The van der Waals surface area contributed by atoms with Gasteiger partial charge in [0.2, 0.25) is 0 Å². The van der Waals surface area contributed by atoms with E-state index in [-0.39, 0.29) is 10.6 Å². The minimum Gasteiger partial charge on any atom is -0.306 e. The maximum absolute atomic E-state index is 12.2. The molecule has 0 fully saturated rings. The summed E-state index contributed by atoms with van der Waals surface area (Å²) < 4.78 is 1.79. The number of alkyl halides is 1. The van der Waals surface area contributed by atoms with Gasteiger partial charge in [-0.05, 0) is 48.1 Å². The first-order valence-electron chi connectivity index (χ1n) is 7.18. The largest absolute Gasteiger partial charge is 0.326 e. The molecule has 0 aliphatic heterocycles. The van der Waals surface area contributed by atoms with Crippen molar-refractivity contribution in [1.82, 2.24) is 9.55 Å². The first-order valence-corrected chi connectivity index (χ1v) is 8.44. The number of hydrogen-bond acceptors (Lipinski definition) is 2. The smallest absolute Gasteiger partial charge is 0.306 e. The van der Waals surface area contributed by atoms with Crippen LogP contribution in [0.15, 0.2) is 40.5 Å². The summed E-state index contributed by atoms with van der Waals surface area (Å²) in [5.74, 6) is 0. The van der Waals surface area contributed by atoms with Gasteiger partial charge in [-0.3, -0.25) is 4.57 Å². The van der Waals surface area contributed by atoms with E-state index in [1.807, 2.05) is 31.2 Å². The lowest BCUT2D eigenvalue weighted by atomic mass is 9.92. The van der Waals surface area contributed by atoms with Crippen LogP contribution in [0.25, 0.3) is 17.1 Å². The van der Waals surface area contributed by atoms with Crippen LogP contribution in [0.2, 0.25) is 0 Å². The number of aromatic amines is 1. The highest BCUT2D eigenvalue weighted by Crippen LogP contribution is 2.36. The molecule has 3 nitrogen and oxygen atoms in total. The fourth-order valence-electron chi connectivity index (χ4n) is 3.00. The molecule has 0 spiro atoms. The number of benzene rings is 1. The van der Waals surface area contributed by atoms with Crippen LogP contribution in [0, 0.1) is 0 Å². The number of para-hydroxylation sites is 2. The first kappa shape index (κ1) is 13.9. The molecule has 22 heavy (non-hydrogen) atoms. The zero-order chi connectivity index (χ0) is 15.3. The van der Waals surface area contributed by atoms with E-state index in [4.69, 9.17) is 11.6 Å². The number of imidazole rings is 1. The maximum Gasteiger partial charge on any atom is 0.326 e. The van der Waals surface area contributed by atoms with Gasteiger partial charge in [0.25, 0.3) is 0 Å². The Kier molecular flexibility index (Phi) is 3.06. The van der Waals surface area contributed by atoms with E-state index in [0.29, 0.717) is 6.54 Å². The molecule has 1 aliphatic rings. The Balaban J connectivity index is 1.79. The Hall–Kier alpha value is -1.78. The van der Waals surface area contributed by atoms with Crippen LogP contribution < -0.4 is 5.69 Å². The van der Waals surface area contributed by atoms with Gasteiger partial charge in [-0.1, -0.05) is 18.2 Å². The van der Waals surface area contributed by atoms with E-state index in [9.17, 15) is 4.79 Å². The van der Waals surface area contributed by atoms with Crippen LogP contribution >= 0.6 is 22.9 Å². The molecule has 2 aromatic heterocycles. The fraction of sp³-hybridized carbons (Fsp3) is 0.235. The lowest BCUT2D eigenvalue weighted by molar-refractivity contribution is 0.733. The first-order chi connectivity index (χ1) is 10.5. The Morgan fingerprint density at radius 1 is 1.41 bits per heavy atom. The highest BCUT2D eigenvalue weighted by molar-refractivity contribution is 7.11. The van der Waals surface area contributed by atoms with Crippen LogP contribution in [-0.4, -0.2) is 14.4 Å². The Morgan fingerprint density at radius 3 is 3.09 bits per heavy atom. The average molecular weight is 331 g/mol. The third kappa shape index (κ3) is 2.23. The van der Waals surface area contributed by atoms with Gasteiger partial charge in [0, 0.05) is 4.88 Å². The molecular formula is C17H15ClN2OS. The Morgan fingerprint density at radius 2 is 2.23 bits per heavy atom. The van der Waals surface area contributed by atoms with Gasteiger partial charge < -0.3 is 4.98 Å². The van der Waals surface area contributed by atoms with Gasteiger partial charge in [0.1, 0.15) is 0 Å². The molecule has 0 radical (unpaired) electrons. The van der Waals surface area contributed by atoms with Crippen LogP contribution in [0.1, 0.15) is 22.9 Å². The second kappa shape index (κ2) is 4.86. The zero-order valence-electron chi connectivity index (χ0n) is 12.1. The topological polar surface area (TPSA) is 37.8 Å². The number of hydrogen-bond donors (Lipinski definition) is 1. The van der Waals surface area contributed by atoms with Crippen molar-refractivity contribution in [3.63, 3.8) is 0 Å². The summed E-state index contributed by atoms with van der Waals surface area (Å²) in [6.45, 7) is 2.60. The molecule has 112 valence electrons. The number of nitrogens with zero attached hydrogens (tertiary/aromatic N) is 1. The number of fused-ring (bicyclic) bond motifs is 2. The predicted octanol–water partition coefficient (Wildman–Crippen LogP) is 4.01. The molecular weight excluding hydrogens is 316 g/mol. The summed E-state index contributed by atoms with van der Waals surface area (Å²) in [5, 5.41) is 2.14. The van der Waals surface area contributed by atoms with E-state index in [1.54, 1.807) is 15.9 Å². The van der Waals surface area contributed by atoms with Gasteiger partial charge in [0.15, 0.2) is 0 Å². The number of rotatable bonds is 2. The number of allylic oxidation sites excluding steroid dienone is 1. The summed E-state index contributed by atoms with van der Waals surface area (Å²) in [6, 6.07) is 7.78. The standard InChI is InChI=1S/C17H15ClN2OS/c1-17(18)7-6-15-12(8-17)11(10-22-15)9-20-14-5-3-2-4-13(14)19-16(20)21/h2-7,10H,8-9H2,1H3,(H,19,21). The Bertz CT molecular complexity index is 945. The highest BCUT2D eigenvalue weighted by Gasteiger charge is 2.26. The summed E-state index contributed by atoms with van der Waals surface area (Å²) in [6.07, 6.45) is 4.95. The van der Waals surface area contributed by atoms with Crippen molar-refractivity contribution in [2.45, 2.75) is 24.8 Å². The van der Waals surface area contributed by atoms with Crippen molar-refractivity contribution >= 4 is 40.0 Å². The van der Waals surface area contributed by atoms with Gasteiger partial charge in [-0.2, -0.15) is 0 Å². The number of thiophene rings is 1. The predicted molar refractivity (Wildman–Crippen MR) is 93.0 cm³/mol. The normalized spacial score (nSPS) is 20.5. The monoisotopic (exact) mass is 330 g/mol. The van der Waals surface area contributed by atoms with Crippen molar-refractivity contribution in [3.05, 3.63) is 62.2 Å². The molecule has 1 aromatic carbocycles. The summed E-state index contributed by atoms with van der Waals surface area (Å²) in [4.78, 5) is 16.0. The van der Waals surface area contributed by atoms with E-state index in [2.05, 4.69) is 22.5 Å². The second-order valence-electron chi connectivity index (χ2n) is 5.93. The van der Waals surface area contributed by atoms with Crippen LogP contribution in [0.5, 0.6) is 0 Å². The molecule has 1 aliphatic carbocycles. The van der Waals surface area contributed by atoms with E-state index >= 15 is 0 Å². The third-order valence-electron chi connectivity index (χ3n) is 4.13. The van der Waals surface area contributed by atoms with E-state index < -0.39 is 0 Å². The molecule has 1 atom stereocenters. The Labute approximate surface area is 136 Å². The summed E-state index contributed by atoms with van der Waals surface area (Å²) in [7, 11) is 0. The number of halogens is 1. The van der Waals surface area contributed by atoms with Crippen molar-refractivity contribution in [1.29, 1.82) is 0 Å². The molecule has 2 heterocycles. The molecule has 3 aromatic rings. The molecule has 1 unspecified atom stereocenters. The number of H-pyrrole nitrogens is 1. The molecule has 1 N–H and O–H groups in total. The lowest BCUT2D eigenvalue weighted by Gasteiger charge is -2.22. The number of nitrogens with one attached hydrogen (secondary N) is 1. The second-order valence-corrected chi connectivity index (χ2v) is 7.70. The van der Waals surface area contributed by atoms with Gasteiger partial charge in [-0.15, -0.1) is 22.9 Å². The van der Waals surface area contributed by atoms with Crippen molar-refractivity contribution in [3.8, 4) is 0 Å². The molecule has 5 heteroatoms. The summed E-state index contributed by atoms with van der Waals surface area (Å²) in [5.41, 5.74) is 4.19. The van der Waals surface area contributed by atoms with Crippen LogP contribution in [-0.2, 0) is 13.0 Å². The maximum atomic E-state index is 12.2. The number of aromatic nitrogens is 2. The van der Waals surface area contributed by atoms with Crippen molar-refractivity contribution in [2.24, 2.45) is 0 Å².